The third kappa shape index (κ3) is 2.03. The van der Waals surface area contributed by atoms with Gasteiger partial charge in [0.15, 0.2) is 0 Å². The molecule has 1 rings (SSSR count). The van der Waals surface area contributed by atoms with E-state index in [1.165, 1.54) is 12.1 Å². The van der Waals surface area contributed by atoms with Crippen LogP contribution < -0.4 is 5.48 Å². The van der Waals surface area contributed by atoms with Crippen molar-refractivity contribution in [3.8, 4) is 0 Å². The smallest absolute Gasteiger partial charge is 0.123 e. The van der Waals surface area contributed by atoms with Crippen LogP contribution in [-0.4, -0.2) is 11.5 Å². The fourth-order valence-electron chi connectivity index (χ4n) is 0.862. The predicted octanol–water partition coefficient (Wildman–Crippen LogP) is 1.77. The second kappa shape index (κ2) is 3.82. The highest BCUT2D eigenvalue weighted by Gasteiger charge is 1.96. The van der Waals surface area contributed by atoms with E-state index in [1.807, 2.05) is 0 Å². The molecule has 0 unspecified atom stereocenters. The second-order valence-corrected chi connectivity index (χ2v) is 2.32. The van der Waals surface area contributed by atoms with Crippen molar-refractivity contribution in [1.29, 1.82) is 0 Å². The molecule has 0 aromatic heterocycles. The number of rotatable bonds is 2. The molecule has 0 aliphatic rings. The summed E-state index contributed by atoms with van der Waals surface area (Å²) in [5.41, 5.74) is 3.12. The number of hydrogen-bond donors (Lipinski definition) is 2. The maximum Gasteiger partial charge on any atom is 0.123 e. The number of hydroxylamine groups is 1. The standard InChI is InChI=1S/C8H9FN2O/c1-6-4-7(9)2-3-8(6)10-5-11-12/h2-5,12H,1H3,(H,10,11). The Morgan fingerprint density at radius 1 is 1.58 bits per heavy atom. The molecule has 4 heteroatoms. The van der Waals surface area contributed by atoms with Crippen molar-refractivity contribution in [3.63, 3.8) is 0 Å². The molecule has 0 atom stereocenters. The fraction of sp³-hybridized carbons (Fsp3) is 0.125. The zero-order valence-electron chi connectivity index (χ0n) is 6.58. The van der Waals surface area contributed by atoms with Crippen LogP contribution in [0.4, 0.5) is 10.1 Å². The molecule has 0 amide bonds. The number of halogens is 1. The quantitative estimate of drug-likeness (QED) is 0.401. The van der Waals surface area contributed by atoms with E-state index in [9.17, 15) is 4.39 Å². The van der Waals surface area contributed by atoms with Gasteiger partial charge in [0.05, 0.1) is 5.69 Å². The SMILES string of the molecule is Cc1cc(F)ccc1N=CNO. The minimum Gasteiger partial charge on any atom is -0.290 e. The third-order valence-electron chi connectivity index (χ3n) is 1.42. The van der Waals surface area contributed by atoms with Gasteiger partial charge in [-0.15, -0.1) is 0 Å². The predicted molar refractivity (Wildman–Crippen MR) is 44.2 cm³/mol. The van der Waals surface area contributed by atoms with Crippen LogP contribution in [-0.2, 0) is 0 Å². The number of nitrogens with zero attached hydrogens (tertiary/aromatic N) is 1. The molecule has 3 nitrogen and oxygen atoms in total. The number of aryl methyl sites for hydroxylation is 1. The largest absolute Gasteiger partial charge is 0.290 e. The highest BCUT2D eigenvalue weighted by atomic mass is 19.1. The summed E-state index contributed by atoms with van der Waals surface area (Å²) in [5, 5.41) is 8.20. The summed E-state index contributed by atoms with van der Waals surface area (Å²) >= 11 is 0. The van der Waals surface area contributed by atoms with Gasteiger partial charge in [0.1, 0.15) is 12.2 Å². The highest BCUT2D eigenvalue weighted by molar-refractivity contribution is 5.61. The molecule has 0 aliphatic heterocycles. The fourth-order valence-corrected chi connectivity index (χ4v) is 0.862. The van der Waals surface area contributed by atoms with E-state index in [0.29, 0.717) is 5.69 Å². The first-order valence-corrected chi connectivity index (χ1v) is 3.42. The minimum absolute atomic E-state index is 0.289. The van der Waals surface area contributed by atoms with Crippen molar-refractivity contribution >= 4 is 12.0 Å². The average Bonchev–Trinajstić information content (AvgIpc) is 2.03. The molecule has 0 aliphatic carbocycles. The van der Waals surface area contributed by atoms with Gasteiger partial charge in [0, 0.05) is 0 Å². The number of benzene rings is 1. The monoisotopic (exact) mass is 168 g/mol. The van der Waals surface area contributed by atoms with Crippen molar-refractivity contribution in [1.82, 2.24) is 5.48 Å². The molecule has 0 bridgehead atoms. The van der Waals surface area contributed by atoms with E-state index in [2.05, 4.69) is 4.99 Å². The number of hydrogen-bond acceptors (Lipinski definition) is 2. The van der Waals surface area contributed by atoms with Crippen molar-refractivity contribution in [2.24, 2.45) is 4.99 Å². The third-order valence-corrected chi connectivity index (χ3v) is 1.42. The normalized spacial score (nSPS) is 10.6. The van der Waals surface area contributed by atoms with Gasteiger partial charge in [-0.1, -0.05) is 0 Å². The maximum atomic E-state index is 12.6. The van der Waals surface area contributed by atoms with Crippen molar-refractivity contribution in [2.45, 2.75) is 6.92 Å². The molecule has 2 N–H and O–H groups in total. The Hall–Kier alpha value is -1.42. The zero-order valence-corrected chi connectivity index (χ0v) is 6.58. The van der Waals surface area contributed by atoms with E-state index in [4.69, 9.17) is 5.21 Å². The van der Waals surface area contributed by atoms with Gasteiger partial charge in [0.25, 0.3) is 0 Å². The Kier molecular flexibility index (Phi) is 2.76. The average molecular weight is 168 g/mol. The summed E-state index contributed by atoms with van der Waals surface area (Å²) in [6.07, 6.45) is 1.13. The van der Waals surface area contributed by atoms with Gasteiger partial charge < -0.3 is 0 Å². The van der Waals surface area contributed by atoms with Crippen LogP contribution in [0.15, 0.2) is 23.2 Å². The molecule has 12 heavy (non-hydrogen) atoms. The summed E-state index contributed by atoms with van der Waals surface area (Å²) in [6, 6.07) is 4.24. The van der Waals surface area contributed by atoms with Gasteiger partial charge in [-0.2, -0.15) is 0 Å². The van der Waals surface area contributed by atoms with Crippen molar-refractivity contribution in [2.75, 3.05) is 0 Å². The Balaban J connectivity index is 2.94. The molecular formula is C8H9FN2O. The topological polar surface area (TPSA) is 44.6 Å². The van der Waals surface area contributed by atoms with E-state index in [-0.39, 0.29) is 5.82 Å². The molecule has 0 saturated heterocycles. The molecule has 1 aromatic rings. The first kappa shape index (κ1) is 8.67. The summed E-state index contributed by atoms with van der Waals surface area (Å²) in [6.45, 7) is 1.74. The summed E-state index contributed by atoms with van der Waals surface area (Å²) < 4.78 is 12.6. The first-order chi connectivity index (χ1) is 5.74. The van der Waals surface area contributed by atoms with Crippen LogP contribution in [0.5, 0.6) is 0 Å². The van der Waals surface area contributed by atoms with Crippen LogP contribution >= 0.6 is 0 Å². The van der Waals surface area contributed by atoms with Crippen LogP contribution in [0.25, 0.3) is 0 Å². The zero-order chi connectivity index (χ0) is 8.97. The van der Waals surface area contributed by atoms with Crippen molar-refractivity contribution < 1.29 is 9.60 Å². The summed E-state index contributed by atoms with van der Waals surface area (Å²) in [5.74, 6) is -0.289. The lowest BCUT2D eigenvalue weighted by atomic mass is 10.2. The number of nitrogens with one attached hydrogen (secondary N) is 1. The minimum atomic E-state index is -0.289. The van der Waals surface area contributed by atoms with Gasteiger partial charge in [0.2, 0.25) is 0 Å². The van der Waals surface area contributed by atoms with Crippen LogP contribution in [0.2, 0.25) is 0 Å². The first-order valence-electron chi connectivity index (χ1n) is 3.42. The molecule has 0 heterocycles. The Morgan fingerprint density at radius 2 is 2.33 bits per heavy atom. The van der Waals surface area contributed by atoms with Crippen LogP contribution in [0.3, 0.4) is 0 Å². The Morgan fingerprint density at radius 3 is 2.92 bits per heavy atom. The number of aliphatic imine (C=N–C) groups is 1. The van der Waals surface area contributed by atoms with Crippen LogP contribution in [0, 0.1) is 12.7 Å². The molecule has 64 valence electrons. The lowest BCUT2D eigenvalue weighted by Gasteiger charge is -1.98. The van der Waals surface area contributed by atoms with Gasteiger partial charge in [-0.3, -0.25) is 10.7 Å². The molecule has 0 saturated carbocycles. The van der Waals surface area contributed by atoms with E-state index in [0.717, 1.165) is 11.9 Å². The molecule has 0 radical (unpaired) electrons. The lowest BCUT2D eigenvalue weighted by molar-refractivity contribution is 0.240. The van der Waals surface area contributed by atoms with Gasteiger partial charge in [-0.25, -0.2) is 9.38 Å². The van der Waals surface area contributed by atoms with Gasteiger partial charge >= 0.3 is 0 Å². The molecule has 0 spiro atoms. The lowest BCUT2D eigenvalue weighted by Crippen LogP contribution is -2.01. The Labute approximate surface area is 69.5 Å². The van der Waals surface area contributed by atoms with Crippen molar-refractivity contribution in [3.05, 3.63) is 29.6 Å². The highest BCUT2D eigenvalue weighted by Crippen LogP contribution is 2.17. The van der Waals surface area contributed by atoms with E-state index in [1.54, 1.807) is 18.5 Å². The second-order valence-electron chi connectivity index (χ2n) is 2.32. The van der Waals surface area contributed by atoms with E-state index < -0.39 is 0 Å². The summed E-state index contributed by atoms with van der Waals surface area (Å²) in [7, 11) is 0. The van der Waals surface area contributed by atoms with E-state index >= 15 is 0 Å². The molecule has 1 aromatic carbocycles. The molecular weight excluding hydrogens is 159 g/mol. The Bertz CT molecular complexity index is 299. The maximum absolute atomic E-state index is 12.6. The molecule has 0 fully saturated rings. The van der Waals surface area contributed by atoms with Gasteiger partial charge in [-0.05, 0) is 30.7 Å². The summed E-state index contributed by atoms with van der Waals surface area (Å²) in [4.78, 5) is 3.81. The van der Waals surface area contributed by atoms with Crippen LogP contribution in [0.1, 0.15) is 5.56 Å².